The van der Waals surface area contributed by atoms with Gasteiger partial charge in [-0.05, 0) is 49.6 Å². The molecule has 10 heteroatoms. The van der Waals surface area contributed by atoms with E-state index < -0.39 is 6.09 Å². The molecule has 0 saturated heterocycles. The fourth-order valence-corrected chi connectivity index (χ4v) is 4.97. The number of amides is 1. The molecule has 5 aromatic rings. The van der Waals surface area contributed by atoms with Gasteiger partial charge < -0.3 is 16.6 Å². The van der Waals surface area contributed by atoms with Crippen molar-refractivity contribution in [3.63, 3.8) is 0 Å². The number of hydrogen-bond donors (Lipinski definition) is 3. The van der Waals surface area contributed by atoms with E-state index in [1.54, 1.807) is 6.20 Å². The van der Waals surface area contributed by atoms with Gasteiger partial charge in [0.2, 0.25) is 0 Å². The zero-order chi connectivity index (χ0) is 25.9. The third kappa shape index (κ3) is 4.90. The smallest absolute Gasteiger partial charge is 0.402 e. The van der Waals surface area contributed by atoms with Crippen LogP contribution in [-0.4, -0.2) is 40.9 Å². The standard InChI is InChI=1S/C26H25N7.CH3NO2/c1-16-13-22(20-9-5-6-12-28-20)31-21-14-17(10-11-19(16)21)24-23-25(27)29-15-30-26(23)33(32-24)18-7-3-2-4-8-18;2-1(3)4/h5-6,9-15,18H,2-4,7-8H2,1H3,(H2,27,29,30);2H2,(H,3,4). The summed E-state index contributed by atoms with van der Waals surface area (Å²) in [6.45, 7) is 2.11. The molecule has 1 aromatic carbocycles. The van der Waals surface area contributed by atoms with Crippen LogP contribution >= 0.6 is 0 Å². The van der Waals surface area contributed by atoms with Crippen LogP contribution in [0.1, 0.15) is 43.7 Å². The van der Waals surface area contributed by atoms with Crippen LogP contribution in [0.15, 0.2) is 55.0 Å². The third-order valence-corrected chi connectivity index (χ3v) is 6.66. The van der Waals surface area contributed by atoms with Crippen LogP contribution in [-0.2, 0) is 0 Å². The average molecular weight is 497 g/mol. The topological polar surface area (TPSA) is 159 Å². The van der Waals surface area contributed by atoms with Crippen molar-refractivity contribution < 1.29 is 9.90 Å². The lowest BCUT2D eigenvalue weighted by molar-refractivity contribution is 0.205. The van der Waals surface area contributed by atoms with Gasteiger partial charge in [-0.15, -0.1) is 0 Å². The number of nitrogen functional groups attached to an aromatic ring is 1. The maximum Gasteiger partial charge on any atom is 0.402 e. The predicted molar refractivity (Wildman–Crippen MR) is 143 cm³/mol. The Bertz CT molecular complexity index is 1570. The van der Waals surface area contributed by atoms with Gasteiger partial charge in [0.25, 0.3) is 0 Å². The summed E-state index contributed by atoms with van der Waals surface area (Å²) in [4.78, 5) is 27.0. The van der Waals surface area contributed by atoms with E-state index in [9.17, 15) is 0 Å². The summed E-state index contributed by atoms with van der Waals surface area (Å²) >= 11 is 0. The first-order valence-electron chi connectivity index (χ1n) is 12.2. The molecule has 5 N–H and O–H groups in total. The number of nitrogens with two attached hydrogens (primary N) is 2. The number of pyridine rings is 2. The molecule has 1 saturated carbocycles. The number of rotatable bonds is 3. The van der Waals surface area contributed by atoms with Crippen molar-refractivity contribution in [2.24, 2.45) is 5.73 Å². The Kier molecular flexibility index (Phi) is 6.63. The van der Waals surface area contributed by atoms with E-state index in [0.717, 1.165) is 63.0 Å². The summed E-state index contributed by atoms with van der Waals surface area (Å²) in [5.74, 6) is 0.462. The Morgan fingerprint density at radius 2 is 1.81 bits per heavy atom. The molecule has 10 nitrogen and oxygen atoms in total. The molecule has 1 amide bonds. The molecule has 0 spiro atoms. The Labute approximate surface area is 213 Å². The van der Waals surface area contributed by atoms with E-state index in [2.05, 4.69) is 56.6 Å². The summed E-state index contributed by atoms with van der Waals surface area (Å²) in [6.07, 6.45) is 7.95. The highest BCUT2D eigenvalue weighted by Crippen LogP contribution is 2.37. The van der Waals surface area contributed by atoms with Crippen LogP contribution in [0.2, 0.25) is 0 Å². The highest BCUT2D eigenvalue weighted by atomic mass is 16.4. The summed E-state index contributed by atoms with van der Waals surface area (Å²) < 4.78 is 2.08. The number of carbonyl (C=O) groups is 1. The van der Waals surface area contributed by atoms with E-state index >= 15 is 0 Å². The van der Waals surface area contributed by atoms with Crippen molar-refractivity contribution >= 4 is 33.8 Å². The first-order valence-corrected chi connectivity index (χ1v) is 12.2. The largest absolute Gasteiger partial charge is 0.465 e. The van der Waals surface area contributed by atoms with Gasteiger partial charge in [0.1, 0.15) is 17.8 Å². The lowest BCUT2D eigenvalue weighted by Crippen LogP contribution is -2.14. The molecule has 37 heavy (non-hydrogen) atoms. The number of aryl methyl sites for hydroxylation is 1. The van der Waals surface area contributed by atoms with Gasteiger partial charge in [-0.1, -0.05) is 37.5 Å². The molecule has 0 bridgehead atoms. The molecular formula is C27H28N8O2. The maximum atomic E-state index is 8.78. The molecule has 4 aromatic heterocycles. The molecule has 0 atom stereocenters. The zero-order valence-electron chi connectivity index (χ0n) is 20.5. The van der Waals surface area contributed by atoms with Crippen LogP contribution in [0.5, 0.6) is 0 Å². The molecule has 1 fully saturated rings. The minimum absolute atomic E-state index is 0.348. The number of aromatic nitrogens is 6. The number of primary amides is 1. The first kappa shape index (κ1) is 24.1. The fourth-order valence-electron chi connectivity index (χ4n) is 4.97. The molecule has 0 unspecified atom stereocenters. The van der Waals surface area contributed by atoms with E-state index in [1.165, 1.54) is 25.6 Å². The molecule has 0 aliphatic heterocycles. The Morgan fingerprint density at radius 1 is 1.03 bits per heavy atom. The lowest BCUT2D eigenvalue weighted by atomic mass is 9.96. The van der Waals surface area contributed by atoms with Crippen molar-refractivity contribution in [3.8, 4) is 22.6 Å². The Balaban J connectivity index is 0.000000655. The van der Waals surface area contributed by atoms with Crippen molar-refractivity contribution in [1.29, 1.82) is 0 Å². The number of benzene rings is 1. The number of carboxylic acid groups (broad SMARTS) is 1. The van der Waals surface area contributed by atoms with E-state index in [0.29, 0.717) is 11.9 Å². The molecule has 1 aliphatic rings. The molecule has 1 aliphatic carbocycles. The van der Waals surface area contributed by atoms with E-state index in [4.69, 9.17) is 25.7 Å². The summed E-state index contributed by atoms with van der Waals surface area (Å²) in [5, 5.41) is 14.2. The second kappa shape index (κ2) is 10.2. The number of nitrogens with zero attached hydrogens (tertiary/aromatic N) is 6. The molecule has 0 radical (unpaired) electrons. The van der Waals surface area contributed by atoms with Gasteiger partial charge in [-0.3, -0.25) is 4.98 Å². The number of hydrogen-bond acceptors (Lipinski definition) is 7. The quantitative estimate of drug-likeness (QED) is 0.310. The fraction of sp³-hybridized carbons (Fsp3) is 0.259. The van der Waals surface area contributed by atoms with Crippen molar-refractivity contribution in [1.82, 2.24) is 29.7 Å². The van der Waals surface area contributed by atoms with E-state index in [1.807, 2.05) is 18.2 Å². The van der Waals surface area contributed by atoms with Crippen LogP contribution in [0.4, 0.5) is 10.6 Å². The van der Waals surface area contributed by atoms with Gasteiger partial charge in [0, 0.05) is 17.1 Å². The van der Waals surface area contributed by atoms with Gasteiger partial charge in [0.15, 0.2) is 5.65 Å². The predicted octanol–water partition coefficient (Wildman–Crippen LogP) is 5.12. The minimum Gasteiger partial charge on any atom is -0.465 e. The SMILES string of the molecule is Cc1cc(-c2ccccn2)nc2cc(-c3nn(C4CCCCC4)c4ncnc(N)c34)ccc12.NC(=O)O. The highest BCUT2D eigenvalue weighted by Gasteiger charge is 2.24. The summed E-state index contributed by atoms with van der Waals surface area (Å²) in [6, 6.07) is 14.6. The molecule has 4 heterocycles. The lowest BCUT2D eigenvalue weighted by Gasteiger charge is -2.22. The van der Waals surface area contributed by atoms with Crippen LogP contribution < -0.4 is 11.5 Å². The van der Waals surface area contributed by atoms with Crippen LogP contribution in [0, 0.1) is 6.92 Å². The third-order valence-electron chi connectivity index (χ3n) is 6.66. The Hall–Kier alpha value is -4.60. The zero-order valence-corrected chi connectivity index (χ0v) is 20.5. The van der Waals surface area contributed by atoms with Crippen molar-refractivity contribution in [2.75, 3.05) is 5.73 Å². The van der Waals surface area contributed by atoms with Gasteiger partial charge in [-0.25, -0.2) is 24.4 Å². The number of anilines is 1. The monoisotopic (exact) mass is 496 g/mol. The van der Waals surface area contributed by atoms with Crippen molar-refractivity contribution in [2.45, 2.75) is 45.1 Å². The first-order chi connectivity index (χ1) is 17.9. The van der Waals surface area contributed by atoms with Crippen molar-refractivity contribution in [3.05, 3.63) is 60.6 Å². The second-order valence-corrected chi connectivity index (χ2v) is 9.15. The van der Waals surface area contributed by atoms with Crippen LogP contribution in [0.25, 0.3) is 44.6 Å². The number of fused-ring (bicyclic) bond motifs is 2. The average Bonchev–Trinajstić information content (AvgIpc) is 3.30. The molecular weight excluding hydrogens is 468 g/mol. The second-order valence-electron chi connectivity index (χ2n) is 9.15. The van der Waals surface area contributed by atoms with Gasteiger partial charge >= 0.3 is 6.09 Å². The van der Waals surface area contributed by atoms with Gasteiger partial charge in [-0.2, -0.15) is 5.10 Å². The highest BCUT2D eigenvalue weighted by molar-refractivity contribution is 6.00. The maximum absolute atomic E-state index is 8.78. The normalized spacial score (nSPS) is 13.9. The van der Waals surface area contributed by atoms with Gasteiger partial charge in [0.05, 0.1) is 28.3 Å². The summed E-state index contributed by atoms with van der Waals surface area (Å²) in [7, 11) is 0. The Morgan fingerprint density at radius 3 is 2.54 bits per heavy atom. The molecule has 188 valence electrons. The summed E-state index contributed by atoms with van der Waals surface area (Å²) in [5.41, 5.74) is 16.8. The van der Waals surface area contributed by atoms with Crippen LogP contribution in [0.3, 0.4) is 0 Å². The van der Waals surface area contributed by atoms with E-state index in [-0.39, 0.29) is 0 Å². The minimum atomic E-state index is -1.33. The molecule has 6 rings (SSSR count).